The summed E-state index contributed by atoms with van der Waals surface area (Å²) in [6, 6.07) is 7.00. The first-order chi connectivity index (χ1) is 6.59. The van der Waals surface area contributed by atoms with Gasteiger partial charge in [-0.1, -0.05) is 0 Å². The number of rotatable bonds is 4. The van der Waals surface area contributed by atoms with E-state index in [-0.39, 0.29) is 0 Å². The van der Waals surface area contributed by atoms with E-state index in [1.165, 1.54) is 0 Å². The van der Waals surface area contributed by atoms with Crippen molar-refractivity contribution in [1.82, 2.24) is 0 Å². The van der Waals surface area contributed by atoms with Crippen LogP contribution in [0.15, 0.2) is 24.3 Å². The number of alkyl halides is 2. The second-order valence-electron chi connectivity index (χ2n) is 3.09. The van der Waals surface area contributed by atoms with Gasteiger partial charge in [0.15, 0.2) is 0 Å². The van der Waals surface area contributed by atoms with Crippen LogP contribution in [0.3, 0.4) is 0 Å². The van der Waals surface area contributed by atoms with Crippen LogP contribution in [0.2, 0.25) is 0 Å². The Balaban J connectivity index is 2.55. The first kappa shape index (κ1) is 10.8. The molecule has 0 saturated carbocycles. The fraction of sp³-hybridized carbons (Fsp3) is 0.400. The molecule has 0 N–H and O–H groups in total. The summed E-state index contributed by atoms with van der Waals surface area (Å²) in [6.45, 7) is -0.554. The zero-order valence-electron chi connectivity index (χ0n) is 8.21. The van der Waals surface area contributed by atoms with Gasteiger partial charge in [0.2, 0.25) is 0 Å². The van der Waals surface area contributed by atoms with Crippen LogP contribution in [0.5, 0.6) is 5.75 Å². The molecule has 0 spiro atoms. The lowest BCUT2D eigenvalue weighted by Crippen LogP contribution is -2.09. The molecule has 0 aliphatic rings. The number of hydrogen-bond donors (Lipinski definition) is 0. The first-order valence-electron chi connectivity index (χ1n) is 4.28. The molecule has 0 aliphatic heterocycles. The Morgan fingerprint density at radius 2 is 1.79 bits per heavy atom. The topological polar surface area (TPSA) is 12.5 Å². The molecule has 78 valence electrons. The number of nitrogens with zero attached hydrogens (tertiary/aromatic N) is 1. The average molecular weight is 201 g/mol. The van der Waals surface area contributed by atoms with Crippen molar-refractivity contribution in [1.29, 1.82) is 0 Å². The number of anilines is 1. The molecule has 1 rings (SSSR count). The second-order valence-corrected chi connectivity index (χ2v) is 3.09. The predicted octanol–water partition coefficient (Wildman–Crippen LogP) is 2.40. The minimum absolute atomic E-state index is 0.468. The second kappa shape index (κ2) is 4.79. The summed E-state index contributed by atoms with van der Waals surface area (Å²) in [6.07, 6.45) is -2.43. The number of benzene rings is 1. The van der Waals surface area contributed by atoms with E-state index in [1.807, 2.05) is 31.1 Å². The van der Waals surface area contributed by atoms with E-state index in [1.54, 1.807) is 12.1 Å². The van der Waals surface area contributed by atoms with Crippen molar-refractivity contribution >= 4 is 5.69 Å². The van der Waals surface area contributed by atoms with Gasteiger partial charge in [-0.05, 0) is 24.3 Å². The minimum Gasteiger partial charge on any atom is -0.488 e. The highest BCUT2D eigenvalue weighted by Gasteiger charge is 2.03. The van der Waals surface area contributed by atoms with Gasteiger partial charge >= 0.3 is 0 Å². The summed E-state index contributed by atoms with van der Waals surface area (Å²) in [4.78, 5) is 1.93. The van der Waals surface area contributed by atoms with Crippen molar-refractivity contribution in [3.05, 3.63) is 24.3 Å². The van der Waals surface area contributed by atoms with E-state index < -0.39 is 13.0 Å². The molecular weight excluding hydrogens is 188 g/mol. The van der Waals surface area contributed by atoms with E-state index in [9.17, 15) is 8.78 Å². The van der Waals surface area contributed by atoms with Crippen molar-refractivity contribution in [3.8, 4) is 5.75 Å². The van der Waals surface area contributed by atoms with Crippen LogP contribution in [0.25, 0.3) is 0 Å². The fourth-order valence-corrected chi connectivity index (χ4v) is 1.000. The highest BCUT2D eigenvalue weighted by Crippen LogP contribution is 2.17. The fourth-order valence-electron chi connectivity index (χ4n) is 1.000. The van der Waals surface area contributed by atoms with Crippen LogP contribution in [-0.2, 0) is 0 Å². The molecule has 0 amide bonds. The summed E-state index contributed by atoms with van der Waals surface area (Å²) in [5, 5.41) is 0. The van der Waals surface area contributed by atoms with Crippen LogP contribution >= 0.6 is 0 Å². The lowest BCUT2D eigenvalue weighted by molar-refractivity contribution is 0.0819. The Bertz CT molecular complexity index is 272. The largest absolute Gasteiger partial charge is 0.488 e. The van der Waals surface area contributed by atoms with Crippen molar-refractivity contribution in [2.45, 2.75) is 6.43 Å². The standard InChI is InChI=1S/C10H13F2NO/c1-13(2)8-3-5-9(6-4-8)14-7-10(11)12/h3-6,10H,7H2,1-2H3. The molecular formula is C10H13F2NO. The zero-order valence-corrected chi connectivity index (χ0v) is 8.21. The Labute approximate surface area is 82.1 Å². The third kappa shape index (κ3) is 3.20. The lowest BCUT2D eigenvalue weighted by Gasteiger charge is -2.12. The normalized spacial score (nSPS) is 10.4. The average Bonchev–Trinajstić information content (AvgIpc) is 2.15. The van der Waals surface area contributed by atoms with Gasteiger partial charge in [-0.25, -0.2) is 8.78 Å². The van der Waals surface area contributed by atoms with Gasteiger partial charge in [0.1, 0.15) is 12.4 Å². The van der Waals surface area contributed by atoms with Crippen LogP contribution < -0.4 is 9.64 Å². The molecule has 2 nitrogen and oxygen atoms in total. The third-order valence-electron chi connectivity index (χ3n) is 1.73. The quantitative estimate of drug-likeness (QED) is 0.741. The molecule has 0 aromatic heterocycles. The Kier molecular flexibility index (Phi) is 3.68. The maximum absolute atomic E-state index is 11.8. The van der Waals surface area contributed by atoms with Crippen LogP contribution in [0.1, 0.15) is 0 Å². The smallest absolute Gasteiger partial charge is 0.272 e. The van der Waals surface area contributed by atoms with Crippen molar-refractivity contribution < 1.29 is 13.5 Å². The molecule has 0 aliphatic carbocycles. The maximum atomic E-state index is 11.8. The van der Waals surface area contributed by atoms with E-state index in [2.05, 4.69) is 0 Å². The van der Waals surface area contributed by atoms with Crippen LogP contribution in [0.4, 0.5) is 14.5 Å². The van der Waals surface area contributed by atoms with Gasteiger partial charge < -0.3 is 9.64 Å². The molecule has 0 atom stereocenters. The number of hydrogen-bond acceptors (Lipinski definition) is 2. The molecule has 1 aromatic rings. The maximum Gasteiger partial charge on any atom is 0.272 e. The molecule has 0 saturated heterocycles. The van der Waals surface area contributed by atoms with Gasteiger partial charge in [-0.2, -0.15) is 0 Å². The van der Waals surface area contributed by atoms with Crippen molar-refractivity contribution in [2.75, 3.05) is 25.6 Å². The summed E-state index contributed by atoms with van der Waals surface area (Å²) in [7, 11) is 3.82. The van der Waals surface area contributed by atoms with Gasteiger partial charge in [-0.3, -0.25) is 0 Å². The molecule has 14 heavy (non-hydrogen) atoms. The summed E-state index contributed by atoms with van der Waals surface area (Å²) < 4.78 is 28.4. The van der Waals surface area contributed by atoms with Crippen LogP contribution in [0, 0.1) is 0 Å². The molecule has 0 heterocycles. The number of halogens is 2. The van der Waals surface area contributed by atoms with E-state index in [0.717, 1.165) is 5.69 Å². The Morgan fingerprint density at radius 3 is 2.21 bits per heavy atom. The third-order valence-corrected chi connectivity index (χ3v) is 1.73. The molecule has 0 fully saturated rings. The van der Waals surface area contributed by atoms with Crippen molar-refractivity contribution in [2.24, 2.45) is 0 Å². The van der Waals surface area contributed by atoms with E-state index >= 15 is 0 Å². The molecule has 4 heteroatoms. The minimum atomic E-state index is -2.43. The summed E-state index contributed by atoms with van der Waals surface area (Å²) in [5.41, 5.74) is 1.01. The summed E-state index contributed by atoms with van der Waals surface area (Å²) >= 11 is 0. The van der Waals surface area contributed by atoms with Gasteiger partial charge in [0.25, 0.3) is 6.43 Å². The van der Waals surface area contributed by atoms with Crippen LogP contribution in [-0.4, -0.2) is 27.1 Å². The Morgan fingerprint density at radius 1 is 1.21 bits per heavy atom. The molecule has 0 bridgehead atoms. The predicted molar refractivity (Wildman–Crippen MR) is 52.3 cm³/mol. The van der Waals surface area contributed by atoms with Gasteiger partial charge in [-0.15, -0.1) is 0 Å². The van der Waals surface area contributed by atoms with E-state index in [0.29, 0.717) is 5.75 Å². The highest BCUT2D eigenvalue weighted by molar-refractivity contribution is 5.47. The Hall–Kier alpha value is -1.32. The summed E-state index contributed by atoms with van der Waals surface area (Å²) in [5.74, 6) is 0.468. The van der Waals surface area contributed by atoms with Crippen molar-refractivity contribution in [3.63, 3.8) is 0 Å². The number of ether oxygens (including phenoxy) is 1. The van der Waals surface area contributed by atoms with E-state index in [4.69, 9.17) is 4.74 Å². The lowest BCUT2D eigenvalue weighted by atomic mass is 10.3. The van der Waals surface area contributed by atoms with Gasteiger partial charge in [0.05, 0.1) is 0 Å². The monoisotopic (exact) mass is 201 g/mol. The molecule has 1 aromatic carbocycles. The van der Waals surface area contributed by atoms with Gasteiger partial charge in [0, 0.05) is 19.8 Å². The highest BCUT2D eigenvalue weighted by atomic mass is 19.3. The zero-order chi connectivity index (χ0) is 10.6. The SMILES string of the molecule is CN(C)c1ccc(OCC(F)F)cc1. The molecule has 0 unspecified atom stereocenters. The molecule has 0 radical (unpaired) electrons. The first-order valence-corrected chi connectivity index (χ1v) is 4.28.